The summed E-state index contributed by atoms with van der Waals surface area (Å²) in [6.45, 7) is 1.95. The van der Waals surface area contributed by atoms with E-state index in [9.17, 15) is 9.18 Å². The molecular weight excluding hydrogens is 329 g/mol. The van der Waals surface area contributed by atoms with E-state index in [0.29, 0.717) is 5.69 Å². The number of imidazole rings is 1. The maximum atomic E-state index is 13.7. The van der Waals surface area contributed by atoms with Gasteiger partial charge in [-0.3, -0.25) is 9.36 Å². The maximum absolute atomic E-state index is 13.7. The predicted octanol–water partition coefficient (Wildman–Crippen LogP) is 4.73. The molecule has 0 unspecified atom stereocenters. The van der Waals surface area contributed by atoms with Crippen molar-refractivity contribution in [2.24, 2.45) is 0 Å². The van der Waals surface area contributed by atoms with Crippen molar-refractivity contribution in [1.82, 2.24) is 9.55 Å². The highest BCUT2D eigenvalue weighted by molar-refractivity contribution is 6.04. The van der Waals surface area contributed by atoms with E-state index < -0.39 is 11.7 Å². The molecule has 0 fully saturated rings. The number of amides is 1. The van der Waals surface area contributed by atoms with Crippen molar-refractivity contribution in [2.75, 3.05) is 5.32 Å². The highest BCUT2D eigenvalue weighted by atomic mass is 19.1. The number of nitrogens with zero attached hydrogens (tertiary/aromatic N) is 2. The van der Waals surface area contributed by atoms with E-state index in [1.807, 2.05) is 43.3 Å². The number of rotatable bonds is 3. The number of carbonyl (C=O) groups excluding carboxylic acids is 1. The smallest absolute Gasteiger partial charge is 0.258 e. The largest absolute Gasteiger partial charge is 0.322 e. The van der Waals surface area contributed by atoms with Crippen molar-refractivity contribution in [1.29, 1.82) is 0 Å². The molecule has 1 aromatic heterocycles. The second kappa shape index (κ2) is 6.44. The molecule has 26 heavy (non-hydrogen) atoms. The van der Waals surface area contributed by atoms with E-state index in [1.165, 1.54) is 12.1 Å². The summed E-state index contributed by atoms with van der Waals surface area (Å²) < 4.78 is 15.8. The topological polar surface area (TPSA) is 46.9 Å². The Morgan fingerprint density at radius 1 is 0.962 bits per heavy atom. The van der Waals surface area contributed by atoms with Gasteiger partial charge in [-0.25, -0.2) is 9.37 Å². The molecule has 5 heteroatoms. The fraction of sp³-hybridized carbons (Fsp3) is 0.0476. The van der Waals surface area contributed by atoms with Crippen molar-refractivity contribution >= 4 is 22.6 Å². The Labute approximate surface area is 149 Å². The monoisotopic (exact) mass is 345 g/mol. The van der Waals surface area contributed by atoms with Gasteiger partial charge in [-0.05, 0) is 55.5 Å². The molecule has 0 radical (unpaired) electrons. The van der Waals surface area contributed by atoms with Gasteiger partial charge in [0.2, 0.25) is 0 Å². The molecule has 4 rings (SSSR count). The molecule has 0 saturated heterocycles. The molecule has 4 nitrogen and oxygen atoms in total. The molecule has 1 N–H and O–H groups in total. The number of halogens is 1. The number of nitrogens with one attached hydrogen (secondary N) is 1. The van der Waals surface area contributed by atoms with Gasteiger partial charge in [0.05, 0.1) is 16.6 Å². The average Bonchev–Trinajstić information content (AvgIpc) is 2.98. The third-order valence-corrected chi connectivity index (χ3v) is 4.23. The van der Waals surface area contributed by atoms with E-state index in [4.69, 9.17) is 0 Å². The van der Waals surface area contributed by atoms with Gasteiger partial charge in [-0.2, -0.15) is 0 Å². The highest BCUT2D eigenvalue weighted by Crippen LogP contribution is 2.22. The fourth-order valence-electron chi connectivity index (χ4n) is 3.01. The van der Waals surface area contributed by atoms with Crippen LogP contribution in [0.25, 0.3) is 16.7 Å². The van der Waals surface area contributed by atoms with Crippen LogP contribution in [0.15, 0.2) is 72.8 Å². The summed E-state index contributed by atoms with van der Waals surface area (Å²) in [4.78, 5) is 16.8. The Kier molecular flexibility index (Phi) is 3.97. The van der Waals surface area contributed by atoms with Crippen LogP contribution < -0.4 is 5.32 Å². The van der Waals surface area contributed by atoms with Crippen LogP contribution in [0.3, 0.4) is 0 Å². The van der Waals surface area contributed by atoms with Gasteiger partial charge in [-0.1, -0.05) is 24.3 Å². The molecule has 0 spiro atoms. The lowest BCUT2D eigenvalue weighted by molar-refractivity contribution is 0.102. The third-order valence-electron chi connectivity index (χ3n) is 4.23. The molecule has 3 aromatic carbocycles. The van der Waals surface area contributed by atoms with Crippen molar-refractivity contribution in [3.8, 4) is 5.69 Å². The minimum absolute atomic E-state index is 0.0213. The normalized spacial score (nSPS) is 10.8. The molecular formula is C21H16FN3O. The molecule has 0 atom stereocenters. The minimum atomic E-state index is -0.540. The van der Waals surface area contributed by atoms with E-state index in [0.717, 1.165) is 22.5 Å². The lowest BCUT2D eigenvalue weighted by Gasteiger charge is -2.10. The maximum Gasteiger partial charge on any atom is 0.258 e. The van der Waals surface area contributed by atoms with Crippen molar-refractivity contribution in [3.63, 3.8) is 0 Å². The molecule has 0 aliphatic carbocycles. The first-order valence-electron chi connectivity index (χ1n) is 8.24. The number of hydrogen-bond donors (Lipinski definition) is 1. The molecule has 0 saturated carbocycles. The van der Waals surface area contributed by atoms with Crippen LogP contribution in [0.4, 0.5) is 10.1 Å². The van der Waals surface area contributed by atoms with Gasteiger partial charge in [0, 0.05) is 11.4 Å². The third kappa shape index (κ3) is 2.84. The van der Waals surface area contributed by atoms with E-state index in [2.05, 4.69) is 14.9 Å². The first-order chi connectivity index (χ1) is 12.6. The standard InChI is InChI=1S/C21H16FN3O/c1-14-23-19-8-4-5-9-20(19)25(14)16-12-10-15(11-13-16)24-21(26)17-6-2-3-7-18(17)22/h2-13H,1H3,(H,24,26). The van der Waals surface area contributed by atoms with E-state index >= 15 is 0 Å². The zero-order valence-corrected chi connectivity index (χ0v) is 14.1. The lowest BCUT2D eigenvalue weighted by atomic mass is 10.2. The zero-order valence-electron chi connectivity index (χ0n) is 14.1. The first kappa shape index (κ1) is 16.0. The van der Waals surface area contributed by atoms with E-state index in [-0.39, 0.29) is 5.56 Å². The quantitative estimate of drug-likeness (QED) is 0.584. The van der Waals surface area contributed by atoms with Crippen LogP contribution in [0.5, 0.6) is 0 Å². The summed E-state index contributed by atoms with van der Waals surface area (Å²) in [5.41, 5.74) is 3.52. The van der Waals surface area contributed by atoms with Crippen LogP contribution in [0.1, 0.15) is 16.2 Å². The summed E-state index contributed by atoms with van der Waals surface area (Å²) in [7, 11) is 0. The van der Waals surface area contributed by atoms with Gasteiger partial charge < -0.3 is 5.32 Å². The Bertz CT molecular complexity index is 1100. The van der Waals surface area contributed by atoms with Crippen molar-refractivity contribution < 1.29 is 9.18 Å². The number of aromatic nitrogens is 2. The van der Waals surface area contributed by atoms with Crippen molar-refractivity contribution in [2.45, 2.75) is 6.92 Å². The van der Waals surface area contributed by atoms with Crippen LogP contribution in [-0.2, 0) is 0 Å². The number of fused-ring (bicyclic) bond motifs is 1. The van der Waals surface area contributed by atoms with Gasteiger partial charge >= 0.3 is 0 Å². The van der Waals surface area contributed by atoms with Gasteiger partial charge in [-0.15, -0.1) is 0 Å². The zero-order chi connectivity index (χ0) is 18.1. The van der Waals surface area contributed by atoms with E-state index in [1.54, 1.807) is 24.3 Å². The number of para-hydroxylation sites is 2. The van der Waals surface area contributed by atoms with Gasteiger partial charge in [0.1, 0.15) is 11.6 Å². The predicted molar refractivity (Wildman–Crippen MR) is 100 cm³/mol. The Balaban J connectivity index is 1.62. The first-order valence-corrected chi connectivity index (χ1v) is 8.24. The number of anilines is 1. The molecule has 0 bridgehead atoms. The number of benzene rings is 3. The van der Waals surface area contributed by atoms with Gasteiger partial charge in [0.15, 0.2) is 0 Å². The number of aryl methyl sites for hydroxylation is 1. The summed E-state index contributed by atoms with van der Waals surface area (Å²) >= 11 is 0. The summed E-state index contributed by atoms with van der Waals surface area (Å²) in [5.74, 6) is -0.128. The Morgan fingerprint density at radius 3 is 2.42 bits per heavy atom. The average molecular weight is 345 g/mol. The summed E-state index contributed by atoms with van der Waals surface area (Å²) in [6, 6.07) is 21.2. The number of carbonyl (C=O) groups is 1. The number of hydrogen-bond acceptors (Lipinski definition) is 2. The molecule has 1 amide bonds. The van der Waals surface area contributed by atoms with Crippen molar-refractivity contribution in [3.05, 3.63) is 90.0 Å². The second-order valence-electron chi connectivity index (χ2n) is 5.96. The van der Waals surface area contributed by atoms with Crippen LogP contribution >= 0.6 is 0 Å². The molecule has 0 aliphatic rings. The van der Waals surface area contributed by atoms with Crippen LogP contribution in [0.2, 0.25) is 0 Å². The second-order valence-corrected chi connectivity index (χ2v) is 5.96. The Morgan fingerprint density at radius 2 is 1.65 bits per heavy atom. The summed E-state index contributed by atoms with van der Waals surface area (Å²) in [5, 5.41) is 2.72. The van der Waals surface area contributed by atoms with Crippen LogP contribution in [0, 0.1) is 12.7 Å². The Hall–Kier alpha value is -3.47. The SMILES string of the molecule is Cc1nc2ccccc2n1-c1ccc(NC(=O)c2ccccc2F)cc1. The van der Waals surface area contributed by atoms with Crippen LogP contribution in [-0.4, -0.2) is 15.5 Å². The molecule has 0 aliphatic heterocycles. The molecule has 1 heterocycles. The lowest BCUT2D eigenvalue weighted by Crippen LogP contribution is -2.13. The minimum Gasteiger partial charge on any atom is -0.322 e. The molecule has 4 aromatic rings. The van der Waals surface area contributed by atoms with Gasteiger partial charge in [0.25, 0.3) is 5.91 Å². The fourth-order valence-corrected chi connectivity index (χ4v) is 3.01. The highest BCUT2D eigenvalue weighted by Gasteiger charge is 2.12. The summed E-state index contributed by atoms with van der Waals surface area (Å²) in [6.07, 6.45) is 0. The molecule has 128 valence electrons.